The number of benzene rings is 2. The lowest BCUT2D eigenvalue weighted by Gasteiger charge is -2.33. The standard InChI is InChI=1S/C17H20N2O/c1-20-17-9-5-4-8-15(17)16(19-18)11-13-10-12-6-2-3-7-14(12)13/h2-9,13,16,19H,10-11,18H2,1H3. The van der Waals surface area contributed by atoms with Crippen LogP contribution in [0.25, 0.3) is 0 Å². The van der Waals surface area contributed by atoms with Crippen LogP contribution in [0, 0.1) is 0 Å². The van der Waals surface area contributed by atoms with E-state index < -0.39 is 0 Å². The average Bonchev–Trinajstić information content (AvgIpc) is 2.49. The summed E-state index contributed by atoms with van der Waals surface area (Å²) in [6.45, 7) is 0. The van der Waals surface area contributed by atoms with Gasteiger partial charge in [0.2, 0.25) is 0 Å². The monoisotopic (exact) mass is 268 g/mol. The molecule has 2 aromatic carbocycles. The molecule has 0 amide bonds. The average molecular weight is 268 g/mol. The third-order valence-electron chi connectivity index (χ3n) is 4.20. The number of hydrogen-bond donors (Lipinski definition) is 2. The van der Waals surface area contributed by atoms with E-state index in [1.807, 2.05) is 18.2 Å². The van der Waals surface area contributed by atoms with Gasteiger partial charge in [-0.3, -0.25) is 11.3 Å². The number of methoxy groups -OCH3 is 1. The van der Waals surface area contributed by atoms with Crippen molar-refractivity contribution in [1.82, 2.24) is 5.43 Å². The molecule has 0 radical (unpaired) electrons. The Morgan fingerprint density at radius 2 is 1.95 bits per heavy atom. The summed E-state index contributed by atoms with van der Waals surface area (Å²) in [6.07, 6.45) is 2.14. The van der Waals surface area contributed by atoms with Gasteiger partial charge in [0, 0.05) is 5.56 Å². The van der Waals surface area contributed by atoms with Crippen molar-refractivity contribution in [2.45, 2.75) is 24.8 Å². The number of rotatable bonds is 5. The Morgan fingerprint density at radius 1 is 1.20 bits per heavy atom. The molecule has 3 heteroatoms. The van der Waals surface area contributed by atoms with Crippen molar-refractivity contribution < 1.29 is 4.74 Å². The van der Waals surface area contributed by atoms with Crippen molar-refractivity contribution in [3.8, 4) is 5.75 Å². The van der Waals surface area contributed by atoms with Gasteiger partial charge in [0.25, 0.3) is 0 Å². The number of nitrogens with two attached hydrogens (primary N) is 1. The highest BCUT2D eigenvalue weighted by atomic mass is 16.5. The number of nitrogens with one attached hydrogen (secondary N) is 1. The molecule has 0 bridgehead atoms. The first-order valence-electron chi connectivity index (χ1n) is 7.00. The highest BCUT2D eigenvalue weighted by molar-refractivity contribution is 5.41. The third kappa shape index (κ3) is 2.30. The SMILES string of the molecule is COc1ccccc1C(CC1Cc2ccccc21)NN. The zero-order valence-corrected chi connectivity index (χ0v) is 11.7. The zero-order chi connectivity index (χ0) is 13.9. The van der Waals surface area contributed by atoms with Crippen LogP contribution in [0.2, 0.25) is 0 Å². The van der Waals surface area contributed by atoms with E-state index in [0.717, 1.165) is 24.2 Å². The number of para-hydroxylation sites is 1. The van der Waals surface area contributed by atoms with E-state index >= 15 is 0 Å². The maximum absolute atomic E-state index is 5.77. The summed E-state index contributed by atoms with van der Waals surface area (Å²) in [6, 6.07) is 16.8. The second-order valence-electron chi connectivity index (χ2n) is 5.30. The van der Waals surface area contributed by atoms with Gasteiger partial charge in [0.05, 0.1) is 13.2 Å². The fourth-order valence-corrected chi connectivity index (χ4v) is 3.10. The summed E-state index contributed by atoms with van der Waals surface area (Å²) in [7, 11) is 1.70. The molecule has 0 saturated carbocycles. The molecule has 2 atom stereocenters. The Morgan fingerprint density at radius 3 is 2.70 bits per heavy atom. The maximum atomic E-state index is 5.77. The van der Waals surface area contributed by atoms with Crippen LogP contribution in [0.3, 0.4) is 0 Å². The first kappa shape index (κ1) is 13.2. The number of fused-ring (bicyclic) bond motifs is 1. The molecule has 3 N–H and O–H groups in total. The molecule has 0 aliphatic heterocycles. The van der Waals surface area contributed by atoms with E-state index in [-0.39, 0.29) is 6.04 Å². The van der Waals surface area contributed by atoms with Gasteiger partial charge in [-0.15, -0.1) is 0 Å². The maximum Gasteiger partial charge on any atom is 0.123 e. The third-order valence-corrected chi connectivity index (χ3v) is 4.20. The summed E-state index contributed by atoms with van der Waals surface area (Å²) < 4.78 is 5.44. The number of hydrogen-bond acceptors (Lipinski definition) is 3. The van der Waals surface area contributed by atoms with Crippen molar-refractivity contribution in [1.29, 1.82) is 0 Å². The molecular weight excluding hydrogens is 248 g/mol. The molecule has 3 nitrogen and oxygen atoms in total. The lowest BCUT2D eigenvalue weighted by molar-refractivity contribution is 0.383. The van der Waals surface area contributed by atoms with Crippen molar-refractivity contribution in [2.24, 2.45) is 5.84 Å². The van der Waals surface area contributed by atoms with Crippen molar-refractivity contribution >= 4 is 0 Å². The lowest BCUT2D eigenvalue weighted by atomic mass is 9.74. The van der Waals surface area contributed by atoms with Crippen LogP contribution in [-0.2, 0) is 6.42 Å². The van der Waals surface area contributed by atoms with Gasteiger partial charge in [-0.25, -0.2) is 0 Å². The molecular formula is C17H20N2O. The summed E-state index contributed by atoms with van der Waals surface area (Å²) in [5.74, 6) is 7.24. The minimum Gasteiger partial charge on any atom is -0.496 e. The van der Waals surface area contributed by atoms with E-state index in [0.29, 0.717) is 5.92 Å². The Bertz CT molecular complexity index is 597. The molecule has 0 spiro atoms. The van der Waals surface area contributed by atoms with Crippen LogP contribution in [0.1, 0.15) is 35.1 Å². The topological polar surface area (TPSA) is 47.3 Å². The molecule has 0 heterocycles. The fraction of sp³-hybridized carbons (Fsp3) is 0.294. The molecule has 1 aliphatic rings. The molecule has 0 aromatic heterocycles. The van der Waals surface area contributed by atoms with Crippen LogP contribution >= 0.6 is 0 Å². The summed E-state index contributed by atoms with van der Waals surface area (Å²) >= 11 is 0. The quantitative estimate of drug-likeness (QED) is 0.647. The second kappa shape index (κ2) is 5.65. The van der Waals surface area contributed by atoms with E-state index in [1.54, 1.807) is 7.11 Å². The Kier molecular flexibility index (Phi) is 3.72. The molecule has 2 aromatic rings. The summed E-state index contributed by atoms with van der Waals surface area (Å²) in [5, 5.41) is 0. The van der Waals surface area contributed by atoms with E-state index in [4.69, 9.17) is 10.6 Å². The van der Waals surface area contributed by atoms with Gasteiger partial charge in [-0.2, -0.15) is 0 Å². The first-order valence-corrected chi connectivity index (χ1v) is 7.00. The number of hydrazine groups is 1. The normalized spacial score (nSPS) is 18.0. The zero-order valence-electron chi connectivity index (χ0n) is 11.7. The molecule has 1 aliphatic carbocycles. The Labute approximate surface area is 119 Å². The van der Waals surface area contributed by atoms with Crippen LogP contribution in [0.4, 0.5) is 0 Å². The minimum absolute atomic E-state index is 0.115. The first-order chi connectivity index (χ1) is 9.83. The van der Waals surface area contributed by atoms with Crippen LogP contribution in [0.5, 0.6) is 5.75 Å². The lowest BCUT2D eigenvalue weighted by Crippen LogP contribution is -2.31. The highest BCUT2D eigenvalue weighted by Crippen LogP contribution is 2.41. The van der Waals surface area contributed by atoms with Gasteiger partial charge >= 0.3 is 0 Å². The van der Waals surface area contributed by atoms with Crippen LogP contribution in [-0.4, -0.2) is 7.11 Å². The van der Waals surface area contributed by atoms with Crippen molar-refractivity contribution in [3.63, 3.8) is 0 Å². The second-order valence-corrected chi connectivity index (χ2v) is 5.30. The van der Waals surface area contributed by atoms with Gasteiger partial charge in [-0.05, 0) is 36.0 Å². The largest absolute Gasteiger partial charge is 0.496 e. The molecule has 0 saturated heterocycles. The van der Waals surface area contributed by atoms with E-state index in [1.165, 1.54) is 11.1 Å². The van der Waals surface area contributed by atoms with Crippen LogP contribution in [0.15, 0.2) is 48.5 Å². The molecule has 104 valence electrons. The van der Waals surface area contributed by atoms with Crippen LogP contribution < -0.4 is 16.0 Å². The Hall–Kier alpha value is -1.84. The summed E-state index contributed by atoms with van der Waals surface area (Å²) in [4.78, 5) is 0. The predicted molar refractivity (Wildman–Crippen MR) is 80.6 cm³/mol. The van der Waals surface area contributed by atoms with E-state index in [2.05, 4.69) is 35.8 Å². The van der Waals surface area contributed by atoms with Gasteiger partial charge in [0.1, 0.15) is 5.75 Å². The summed E-state index contributed by atoms with van der Waals surface area (Å²) in [5.41, 5.74) is 7.00. The van der Waals surface area contributed by atoms with Gasteiger partial charge < -0.3 is 4.74 Å². The number of ether oxygens (including phenoxy) is 1. The van der Waals surface area contributed by atoms with Crippen molar-refractivity contribution in [2.75, 3.05) is 7.11 Å². The molecule has 0 fully saturated rings. The molecule has 20 heavy (non-hydrogen) atoms. The molecule has 2 unspecified atom stereocenters. The van der Waals surface area contributed by atoms with E-state index in [9.17, 15) is 0 Å². The highest BCUT2D eigenvalue weighted by Gasteiger charge is 2.29. The minimum atomic E-state index is 0.115. The fourth-order valence-electron chi connectivity index (χ4n) is 3.10. The Balaban J connectivity index is 1.79. The molecule has 3 rings (SSSR count). The smallest absolute Gasteiger partial charge is 0.123 e. The van der Waals surface area contributed by atoms with Gasteiger partial charge in [-0.1, -0.05) is 42.5 Å². The van der Waals surface area contributed by atoms with Crippen molar-refractivity contribution in [3.05, 3.63) is 65.2 Å². The predicted octanol–water partition coefficient (Wildman–Crippen LogP) is 2.93. The van der Waals surface area contributed by atoms with Gasteiger partial charge in [0.15, 0.2) is 0 Å².